The summed E-state index contributed by atoms with van der Waals surface area (Å²) in [5.41, 5.74) is 2.68. The highest BCUT2D eigenvalue weighted by atomic mass is 19.4. The minimum absolute atomic E-state index is 0.0243. The molecule has 0 spiro atoms. The van der Waals surface area contributed by atoms with Crippen LogP contribution < -0.4 is 14.8 Å². The van der Waals surface area contributed by atoms with Gasteiger partial charge in [-0.05, 0) is 54.7 Å². The van der Waals surface area contributed by atoms with Gasteiger partial charge in [0.15, 0.2) is 6.61 Å². The van der Waals surface area contributed by atoms with Crippen molar-refractivity contribution < 1.29 is 27.4 Å². The lowest BCUT2D eigenvalue weighted by atomic mass is 10.1. The Morgan fingerprint density at radius 2 is 1.85 bits per heavy atom. The molecule has 1 N–H and O–H groups in total. The lowest BCUT2D eigenvalue weighted by Crippen LogP contribution is -2.29. The summed E-state index contributed by atoms with van der Waals surface area (Å²) in [6.07, 6.45) is -2.43. The molecule has 0 saturated heterocycles. The number of alkyl halides is 3. The van der Waals surface area contributed by atoms with Gasteiger partial charge in [0.25, 0.3) is 0 Å². The van der Waals surface area contributed by atoms with Crippen LogP contribution in [-0.2, 0) is 11.4 Å². The Bertz CT molecular complexity index is 1100. The quantitative estimate of drug-likeness (QED) is 0.443. The van der Waals surface area contributed by atoms with Crippen LogP contribution in [0.2, 0.25) is 0 Å². The largest absolute Gasteiger partial charge is 0.489 e. The molecule has 0 unspecified atom stereocenters. The molecule has 1 aliphatic rings. The molecule has 1 saturated carbocycles. The Morgan fingerprint density at radius 1 is 1.06 bits per heavy atom. The predicted octanol–water partition coefficient (Wildman–Crippen LogP) is 5.58. The Hall–Kier alpha value is -3.55. The van der Waals surface area contributed by atoms with Gasteiger partial charge >= 0.3 is 6.18 Å². The van der Waals surface area contributed by atoms with Crippen molar-refractivity contribution in [1.82, 2.24) is 10.3 Å². The van der Waals surface area contributed by atoms with E-state index in [0.29, 0.717) is 12.3 Å². The molecule has 1 amide bonds. The van der Waals surface area contributed by atoms with Crippen LogP contribution in [0, 0.1) is 5.92 Å². The topological polar surface area (TPSA) is 60.5 Å². The number of halogens is 3. The first-order chi connectivity index (χ1) is 16.3. The number of benzene rings is 2. The SMILES string of the molecule is C[C@@H](NC(=O)[C@@H]1C[C@H]1c1cccc(OCc2ccccc2)c1)c1ccc(OCC(F)(F)F)cn1. The zero-order valence-electron chi connectivity index (χ0n) is 18.6. The molecule has 34 heavy (non-hydrogen) atoms. The van der Waals surface area contributed by atoms with Crippen molar-refractivity contribution in [3.63, 3.8) is 0 Å². The van der Waals surface area contributed by atoms with E-state index in [4.69, 9.17) is 4.74 Å². The van der Waals surface area contributed by atoms with Gasteiger partial charge in [0.05, 0.1) is 17.9 Å². The van der Waals surface area contributed by atoms with Gasteiger partial charge in [-0.25, -0.2) is 0 Å². The van der Waals surface area contributed by atoms with E-state index >= 15 is 0 Å². The Labute approximate surface area is 195 Å². The van der Waals surface area contributed by atoms with Gasteiger partial charge < -0.3 is 14.8 Å². The minimum Gasteiger partial charge on any atom is -0.489 e. The van der Waals surface area contributed by atoms with E-state index in [2.05, 4.69) is 15.0 Å². The predicted molar refractivity (Wildman–Crippen MR) is 120 cm³/mol. The fourth-order valence-corrected chi connectivity index (χ4v) is 3.72. The molecule has 1 aliphatic carbocycles. The number of ether oxygens (including phenoxy) is 2. The molecule has 3 aromatic rings. The van der Waals surface area contributed by atoms with Gasteiger partial charge in [-0.3, -0.25) is 9.78 Å². The number of pyridine rings is 1. The van der Waals surface area contributed by atoms with Gasteiger partial charge in [-0.2, -0.15) is 13.2 Å². The Balaban J connectivity index is 1.28. The summed E-state index contributed by atoms with van der Waals surface area (Å²) in [6.45, 7) is 0.886. The summed E-state index contributed by atoms with van der Waals surface area (Å²) in [7, 11) is 0. The number of carbonyl (C=O) groups excluding carboxylic acids is 1. The van der Waals surface area contributed by atoms with Crippen molar-refractivity contribution >= 4 is 5.91 Å². The van der Waals surface area contributed by atoms with E-state index in [-0.39, 0.29) is 29.5 Å². The number of carbonyl (C=O) groups is 1. The maximum Gasteiger partial charge on any atom is 0.422 e. The number of nitrogens with zero attached hydrogens (tertiary/aromatic N) is 1. The minimum atomic E-state index is -4.41. The van der Waals surface area contributed by atoms with Crippen LogP contribution in [0.5, 0.6) is 11.5 Å². The van der Waals surface area contributed by atoms with Gasteiger partial charge in [0.1, 0.15) is 18.1 Å². The van der Waals surface area contributed by atoms with Crippen LogP contribution in [0.1, 0.15) is 42.1 Å². The molecule has 3 atom stereocenters. The zero-order chi connectivity index (χ0) is 24.1. The van der Waals surface area contributed by atoms with Gasteiger partial charge in [0, 0.05) is 5.92 Å². The summed E-state index contributed by atoms with van der Waals surface area (Å²) in [5.74, 6) is 0.695. The Kier molecular flexibility index (Phi) is 7.05. The second-order valence-electron chi connectivity index (χ2n) is 8.35. The number of aromatic nitrogens is 1. The summed E-state index contributed by atoms with van der Waals surface area (Å²) >= 11 is 0. The molecule has 178 valence electrons. The molecular weight excluding hydrogens is 445 g/mol. The first-order valence-corrected chi connectivity index (χ1v) is 11.0. The van der Waals surface area contributed by atoms with Crippen molar-refractivity contribution in [3.8, 4) is 11.5 Å². The molecule has 1 heterocycles. The highest BCUT2D eigenvalue weighted by Crippen LogP contribution is 2.48. The zero-order valence-corrected chi connectivity index (χ0v) is 18.6. The molecule has 2 aromatic carbocycles. The second-order valence-corrected chi connectivity index (χ2v) is 8.35. The average molecular weight is 470 g/mol. The number of hydrogen-bond acceptors (Lipinski definition) is 4. The van der Waals surface area contributed by atoms with E-state index in [1.807, 2.05) is 54.6 Å². The maximum atomic E-state index is 12.7. The standard InChI is InChI=1S/C26H25F3N2O3/c1-17(24-11-10-21(14-30-24)34-16-26(27,28)29)31-25(32)23-13-22(23)19-8-5-9-20(12-19)33-15-18-6-3-2-4-7-18/h2-12,14,17,22-23H,13,15-16H2,1H3,(H,31,32)/t17-,22+,23-/m1/s1. The highest BCUT2D eigenvalue weighted by Gasteiger charge is 2.44. The van der Waals surface area contributed by atoms with Crippen molar-refractivity contribution in [3.05, 3.63) is 89.7 Å². The Morgan fingerprint density at radius 3 is 2.56 bits per heavy atom. The first-order valence-electron chi connectivity index (χ1n) is 11.0. The maximum absolute atomic E-state index is 12.7. The van der Waals surface area contributed by atoms with Crippen LogP contribution >= 0.6 is 0 Å². The summed E-state index contributed by atoms with van der Waals surface area (Å²) in [4.78, 5) is 16.9. The smallest absolute Gasteiger partial charge is 0.422 e. The van der Waals surface area contributed by atoms with Crippen molar-refractivity contribution in [2.45, 2.75) is 38.1 Å². The van der Waals surface area contributed by atoms with Crippen molar-refractivity contribution in [2.75, 3.05) is 6.61 Å². The molecule has 0 bridgehead atoms. The third kappa shape index (κ3) is 6.50. The van der Waals surface area contributed by atoms with E-state index in [1.54, 1.807) is 13.0 Å². The third-order valence-corrected chi connectivity index (χ3v) is 5.63. The number of hydrogen-bond donors (Lipinski definition) is 1. The van der Waals surface area contributed by atoms with Crippen LogP contribution in [-0.4, -0.2) is 23.7 Å². The highest BCUT2D eigenvalue weighted by molar-refractivity contribution is 5.83. The average Bonchev–Trinajstić information content (AvgIpc) is 3.63. The molecule has 8 heteroatoms. The second kappa shape index (κ2) is 10.2. The number of rotatable bonds is 9. The van der Waals surface area contributed by atoms with E-state index < -0.39 is 12.8 Å². The fourth-order valence-electron chi connectivity index (χ4n) is 3.72. The van der Waals surface area contributed by atoms with Gasteiger partial charge in [-0.15, -0.1) is 0 Å². The fraction of sp³-hybridized carbons (Fsp3) is 0.308. The normalized spacial score (nSPS) is 18.1. The lowest BCUT2D eigenvalue weighted by molar-refractivity contribution is -0.153. The van der Waals surface area contributed by atoms with Crippen molar-refractivity contribution in [2.24, 2.45) is 5.92 Å². The lowest BCUT2D eigenvalue weighted by Gasteiger charge is -2.15. The van der Waals surface area contributed by atoms with Crippen LogP contribution in [0.3, 0.4) is 0 Å². The van der Waals surface area contributed by atoms with E-state index in [0.717, 1.165) is 23.3 Å². The molecule has 1 fully saturated rings. The first kappa shape index (κ1) is 23.6. The summed E-state index contributed by atoms with van der Waals surface area (Å²) in [5, 5.41) is 2.94. The third-order valence-electron chi connectivity index (χ3n) is 5.63. The molecule has 1 aromatic heterocycles. The van der Waals surface area contributed by atoms with E-state index in [9.17, 15) is 18.0 Å². The van der Waals surface area contributed by atoms with Gasteiger partial charge in [-0.1, -0.05) is 42.5 Å². The van der Waals surface area contributed by atoms with Crippen LogP contribution in [0.25, 0.3) is 0 Å². The van der Waals surface area contributed by atoms with Crippen LogP contribution in [0.4, 0.5) is 13.2 Å². The number of nitrogens with one attached hydrogen (secondary N) is 1. The summed E-state index contributed by atoms with van der Waals surface area (Å²) < 4.78 is 47.3. The molecule has 0 aliphatic heterocycles. The monoisotopic (exact) mass is 470 g/mol. The number of amides is 1. The molecule has 5 nitrogen and oxygen atoms in total. The molecule has 4 rings (SSSR count). The van der Waals surface area contributed by atoms with Gasteiger partial charge in [0.2, 0.25) is 5.91 Å². The van der Waals surface area contributed by atoms with Crippen LogP contribution in [0.15, 0.2) is 72.9 Å². The van der Waals surface area contributed by atoms with E-state index in [1.165, 1.54) is 12.3 Å². The summed E-state index contributed by atoms with van der Waals surface area (Å²) in [6, 6.07) is 20.3. The van der Waals surface area contributed by atoms with Crippen molar-refractivity contribution in [1.29, 1.82) is 0 Å². The molecular formula is C26H25F3N2O3. The molecule has 0 radical (unpaired) electrons.